The van der Waals surface area contributed by atoms with Crippen LogP contribution in [0, 0.1) is 11.6 Å². The highest BCUT2D eigenvalue weighted by atomic mass is 32.2. The maximum Gasteiger partial charge on any atom is 0.254 e. The van der Waals surface area contributed by atoms with Gasteiger partial charge in [-0.15, -0.1) is 0 Å². The summed E-state index contributed by atoms with van der Waals surface area (Å²) in [5, 5.41) is 5.21. The second-order valence-electron chi connectivity index (χ2n) is 8.35. The van der Waals surface area contributed by atoms with E-state index in [1.165, 1.54) is 18.2 Å². The van der Waals surface area contributed by atoms with Crippen molar-refractivity contribution in [1.82, 2.24) is 9.80 Å². The number of carbonyl (C=O) groups is 2. The molecule has 0 saturated carbocycles. The monoisotopic (exact) mass is 478 g/mol. The average Bonchev–Trinajstić information content (AvgIpc) is 3.10. The Morgan fingerprint density at radius 3 is 2.36 bits per heavy atom. The largest absolute Gasteiger partial charge is 0.336 e. The molecule has 2 amide bonds. The predicted octanol–water partition coefficient (Wildman–Crippen LogP) is 1.35. The van der Waals surface area contributed by atoms with E-state index in [-0.39, 0.29) is 34.9 Å². The van der Waals surface area contributed by atoms with E-state index in [4.69, 9.17) is 5.14 Å². The van der Waals surface area contributed by atoms with E-state index in [1.807, 2.05) is 11.8 Å². The Labute approximate surface area is 190 Å². The van der Waals surface area contributed by atoms with Gasteiger partial charge in [-0.1, -0.05) is 0 Å². The Hall–Kier alpha value is -2.89. The molecule has 2 aromatic carbocycles. The van der Waals surface area contributed by atoms with Gasteiger partial charge >= 0.3 is 0 Å². The number of halogens is 2. The molecule has 176 valence electrons. The van der Waals surface area contributed by atoms with Crippen molar-refractivity contribution in [2.45, 2.75) is 24.3 Å². The lowest BCUT2D eigenvalue weighted by molar-refractivity contribution is -0.120. The average molecular weight is 479 g/mol. The maximum absolute atomic E-state index is 13.4. The van der Waals surface area contributed by atoms with Crippen LogP contribution in [0.2, 0.25) is 0 Å². The van der Waals surface area contributed by atoms with Crippen molar-refractivity contribution >= 4 is 27.5 Å². The highest BCUT2D eigenvalue weighted by Gasteiger charge is 2.33. The maximum atomic E-state index is 13.4. The van der Waals surface area contributed by atoms with Crippen LogP contribution in [0.15, 0.2) is 41.3 Å². The van der Waals surface area contributed by atoms with E-state index >= 15 is 0 Å². The number of nitrogens with zero attached hydrogens (tertiary/aromatic N) is 3. The zero-order chi connectivity index (χ0) is 23.9. The lowest BCUT2D eigenvalue weighted by atomic mass is 10.1. The highest BCUT2D eigenvalue weighted by Crippen LogP contribution is 2.34. The van der Waals surface area contributed by atoms with Gasteiger partial charge in [-0.25, -0.2) is 22.3 Å². The number of benzene rings is 2. The minimum absolute atomic E-state index is 0.0181. The zero-order valence-electron chi connectivity index (χ0n) is 18.0. The van der Waals surface area contributed by atoms with Crippen LogP contribution < -0.4 is 10.0 Å². The number of primary sulfonamides is 1. The predicted molar refractivity (Wildman–Crippen MR) is 117 cm³/mol. The molecule has 2 heterocycles. The fourth-order valence-corrected chi connectivity index (χ4v) is 4.92. The van der Waals surface area contributed by atoms with E-state index in [9.17, 15) is 26.8 Å². The van der Waals surface area contributed by atoms with Crippen LogP contribution in [0.3, 0.4) is 0 Å². The van der Waals surface area contributed by atoms with Crippen molar-refractivity contribution < 1.29 is 26.8 Å². The molecule has 33 heavy (non-hydrogen) atoms. The van der Waals surface area contributed by atoms with Gasteiger partial charge in [-0.3, -0.25) is 14.5 Å². The number of rotatable bonds is 4. The van der Waals surface area contributed by atoms with Crippen LogP contribution in [0.5, 0.6) is 0 Å². The molecule has 1 saturated heterocycles. The third-order valence-electron chi connectivity index (χ3n) is 6.05. The van der Waals surface area contributed by atoms with Crippen LogP contribution in [-0.2, 0) is 21.2 Å². The Bertz CT molecular complexity index is 1210. The van der Waals surface area contributed by atoms with E-state index in [0.29, 0.717) is 38.3 Å². The number of amides is 2. The molecule has 0 aromatic heterocycles. The fourth-order valence-electron chi connectivity index (χ4n) is 4.35. The highest BCUT2D eigenvalue weighted by molar-refractivity contribution is 7.89. The Balaban J connectivity index is 1.38. The molecule has 0 spiro atoms. The second-order valence-corrected chi connectivity index (χ2v) is 9.91. The molecular formula is C22H24F2N4O4S. The molecule has 1 fully saturated rings. The first-order chi connectivity index (χ1) is 15.5. The number of nitrogens with two attached hydrogens (primary N) is 1. The van der Waals surface area contributed by atoms with Crippen LogP contribution >= 0.6 is 0 Å². The molecule has 4 rings (SSSR count). The Morgan fingerprint density at radius 2 is 1.73 bits per heavy atom. The molecule has 1 atom stereocenters. The van der Waals surface area contributed by atoms with Crippen molar-refractivity contribution in [3.8, 4) is 0 Å². The molecule has 1 unspecified atom stereocenters. The Morgan fingerprint density at radius 1 is 1.03 bits per heavy atom. The zero-order valence-corrected chi connectivity index (χ0v) is 18.8. The van der Waals surface area contributed by atoms with Gasteiger partial charge in [-0.2, -0.15) is 0 Å². The van der Waals surface area contributed by atoms with Gasteiger partial charge in [-0.05, 0) is 55.3 Å². The van der Waals surface area contributed by atoms with Gasteiger partial charge in [0.25, 0.3) is 5.91 Å². The smallest absolute Gasteiger partial charge is 0.254 e. The lowest BCUT2D eigenvalue weighted by Crippen LogP contribution is -2.52. The van der Waals surface area contributed by atoms with Crippen LogP contribution in [0.1, 0.15) is 22.8 Å². The van der Waals surface area contributed by atoms with Crippen LogP contribution in [0.4, 0.5) is 14.5 Å². The molecule has 8 nitrogen and oxygen atoms in total. The van der Waals surface area contributed by atoms with Gasteiger partial charge in [0.15, 0.2) is 11.6 Å². The summed E-state index contributed by atoms with van der Waals surface area (Å²) in [6.45, 7) is 3.67. The van der Waals surface area contributed by atoms with Crippen LogP contribution in [0.25, 0.3) is 0 Å². The first-order valence-corrected chi connectivity index (χ1v) is 12.0. The number of piperazine rings is 1. The molecule has 0 aliphatic carbocycles. The number of anilines is 1. The van der Waals surface area contributed by atoms with E-state index in [0.717, 1.165) is 17.7 Å². The summed E-state index contributed by atoms with van der Waals surface area (Å²) in [6, 6.07) is 7.46. The van der Waals surface area contributed by atoms with Crippen molar-refractivity contribution in [2.75, 3.05) is 37.6 Å². The van der Waals surface area contributed by atoms with E-state index in [2.05, 4.69) is 0 Å². The number of fused-ring (bicyclic) bond motifs is 1. The van der Waals surface area contributed by atoms with Gasteiger partial charge < -0.3 is 9.80 Å². The summed E-state index contributed by atoms with van der Waals surface area (Å²) in [4.78, 5) is 30.8. The molecule has 2 aliphatic heterocycles. The molecular weight excluding hydrogens is 454 g/mol. The third-order valence-corrected chi connectivity index (χ3v) is 6.96. The molecule has 11 heteroatoms. The first-order valence-electron chi connectivity index (χ1n) is 10.5. The molecule has 0 bridgehead atoms. The van der Waals surface area contributed by atoms with Crippen molar-refractivity contribution in [3.63, 3.8) is 0 Å². The lowest BCUT2D eigenvalue weighted by Gasteiger charge is -2.35. The normalized spacial score (nSPS) is 19.0. The van der Waals surface area contributed by atoms with Gasteiger partial charge in [0, 0.05) is 43.5 Å². The summed E-state index contributed by atoms with van der Waals surface area (Å²) in [6.07, 6.45) is 0.529. The SMILES string of the molecule is CC1Cc2cc(S(N)(=O)=O)ccc2N1C(=O)CN1CCN(C(=O)c2ccc(F)c(F)c2)CC1. The number of hydrogen-bond donors (Lipinski definition) is 1. The Kier molecular flexibility index (Phi) is 6.21. The van der Waals surface area contributed by atoms with Gasteiger partial charge in [0.1, 0.15) is 0 Å². The molecule has 2 N–H and O–H groups in total. The molecule has 2 aliphatic rings. The topological polar surface area (TPSA) is 104 Å². The first kappa shape index (κ1) is 23.3. The minimum Gasteiger partial charge on any atom is -0.336 e. The van der Waals surface area contributed by atoms with Crippen molar-refractivity contribution in [2.24, 2.45) is 5.14 Å². The van der Waals surface area contributed by atoms with Crippen LogP contribution in [-0.4, -0.2) is 68.8 Å². The fraction of sp³-hybridized carbons (Fsp3) is 0.364. The standard InChI is InChI=1S/C22H24F2N4O4S/c1-14-10-16-11-17(33(25,31)32)3-5-20(16)28(14)21(29)13-26-6-8-27(9-7-26)22(30)15-2-4-18(23)19(24)12-15/h2-5,11-12,14H,6-10,13H2,1H3,(H2,25,31,32). The summed E-state index contributed by atoms with van der Waals surface area (Å²) in [5.41, 5.74) is 1.51. The number of sulfonamides is 1. The number of carbonyl (C=O) groups excluding carboxylic acids is 2. The van der Waals surface area contributed by atoms with Gasteiger partial charge in [0.05, 0.1) is 11.4 Å². The minimum atomic E-state index is -3.82. The number of hydrogen-bond acceptors (Lipinski definition) is 5. The van der Waals surface area contributed by atoms with E-state index in [1.54, 1.807) is 15.9 Å². The summed E-state index contributed by atoms with van der Waals surface area (Å²) in [7, 11) is -3.82. The molecule has 0 radical (unpaired) electrons. The third kappa shape index (κ3) is 4.75. The second kappa shape index (κ2) is 8.81. The quantitative estimate of drug-likeness (QED) is 0.715. The summed E-state index contributed by atoms with van der Waals surface area (Å²) in [5.74, 6) is -2.58. The summed E-state index contributed by atoms with van der Waals surface area (Å²) >= 11 is 0. The molecule has 2 aromatic rings. The van der Waals surface area contributed by atoms with E-state index < -0.39 is 21.7 Å². The van der Waals surface area contributed by atoms with Crippen molar-refractivity contribution in [1.29, 1.82) is 0 Å². The van der Waals surface area contributed by atoms with Crippen molar-refractivity contribution in [3.05, 3.63) is 59.2 Å². The summed E-state index contributed by atoms with van der Waals surface area (Å²) < 4.78 is 49.8. The van der Waals surface area contributed by atoms with Gasteiger partial charge in [0.2, 0.25) is 15.9 Å².